The first-order valence-corrected chi connectivity index (χ1v) is 7.90. The lowest BCUT2D eigenvalue weighted by Gasteiger charge is -2.24. The van der Waals surface area contributed by atoms with Crippen LogP contribution in [0.1, 0.15) is 31.4 Å². The van der Waals surface area contributed by atoms with Gasteiger partial charge in [0.25, 0.3) is 0 Å². The number of hydrogen-bond acceptors (Lipinski definition) is 8. The summed E-state index contributed by atoms with van der Waals surface area (Å²) in [6.45, 7) is 3.76. The van der Waals surface area contributed by atoms with Gasteiger partial charge in [-0.1, -0.05) is 19.9 Å². The van der Waals surface area contributed by atoms with Crippen LogP contribution in [0.2, 0.25) is 0 Å². The zero-order valence-electron chi connectivity index (χ0n) is 13.8. The molecule has 2 aromatic rings. The van der Waals surface area contributed by atoms with Crippen molar-refractivity contribution < 1.29 is 28.6 Å². The number of benzene rings is 1. The number of carbonyl (C=O) groups is 2. The minimum Gasteiger partial charge on any atom is -0.502 e. The van der Waals surface area contributed by atoms with E-state index in [-0.39, 0.29) is 5.58 Å². The van der Waals surface area contributed by atoms with Crippen molar-refractivity contribution in [1.29, 1.82) is 0 Å². The lowest BCUT2D eigenvalue weighted by Crippen LogP contribution is -2.37. The van der Waals surface area contributed by atoms with E-state index in [0.717, 1.165) is 5.56 Å². The maximum atomic E-state index is 11.9. The second kappa shape index (κ2) is 6.46. The van der Waals surface area contributed by atoms with Crippen molar-refractivity contribution in [3.05, 3.63) is 33.7 Å². The second-order valence-corrected chi connectivity index (χ2v) is 5.53. The summed E-state index contributed by atoms with van der Waals surface area (Å²) in [4.78, 5) is 34.7. The largest absolute Gasteiger partial charge is 0.502 e. The summed E-state index contributed by atoms with van der Waals surface area (Å²) >= 11 is 0. The van der Waals surface area contributed by atoms with Gasteiger partial charge in [-0.3, -0.25) is 9.59 Å². The summed E-state index contributed by atoms with van der Waals surface area (Å²) in [6, 6.07) is 3.44. The van der Waals surface area contributed by atoms with Crippen LogP contribution >= 0.6 is 0 Å². The van der Waals surface area contributed by atoms with Crippen LogP contribution in [0.3, 0.4) is 0 Å². The van der Waals surface area contributed by atoms with Gasteiger partial charge < -0.3 is 24.3 Å². The fourth-order valence-electron chi connectivity index (χ4n) is 2.85. The third kappa shape index (κ3) is 3.02. The number of aromatic hydroxyl groups is 1. The highest BCUT2D eigenvalue weighted by molar-refractivity contribution is 5.95. The molecule has 8 heteroatoms. The molecule has 1 fully saturated rings. The number of fused-ring (bicyclic) bond motifs is 1. The van der Waals surface area contributed by atoms with E-state index >= 15 is 0 Å². The highest BCUT2D eigenvalue weighted by atomic mass is 16.7. The van der Waals surface area contributed by atoms with Gasteiger partial charge in [0.2, 0.25) is 5.75 Å². The average molecular weight is 347 g/mol. The molecule has 2 heterocycles. The molecule has 1 aromatic carbocycles. The van der Waals surface area contributed by atoms with Crippen LogP contribution in [-0.2, 0) is 31.9 Å². The number of esters is 2. The summed E-state index contributed by atoms with van der Waals surface area (Å²) in [7, 11) is 0. The molecule has 3 rings (SSSR count). The lowest BCUT2D eigenvalue weighted by atomic mass is 9.99. The Morgan fingerprint density at radius 2 is 1.80 bits per heavy atom. The zero-order chi connectivity index (χ0) is 18.1. The van der Waals surface area contributed by atoms with Gasteiger partial charge in [-0.15, -0.1) is 0 Å². The van der Waals surface area contributed by atoms with Crippen LogP contribution < -0.4 is 10.9 Å². The van der Waals surface area contributed by atoms with Crippen molar-refractivity contribution in [2.75, 3.05) is 5.32 Å². The SMILES string of the molecule is CCc1ccc(NC2OC(=O)CC(=O)O2)c2oc(=O)c(O)c(CC)c12. The number of anilines is 1. The first kappa shape index (κ1) is 16.8. The van der Waals surface area contributed by atoms with Gasteiger partial charge in [-0.25, -0.2) is 4.79 Å². The molecule has 0 amide bonds. The highest BCUT2D eigenvalue weighted by Crippen LogP contribution is 2.33. The predicted molar refractivity (Wildman–Crippen MR) is 87.1 cm³/mol. The molecule has 0 aliphatic carbocycles. The standard InChI is InChI=1S/C17H17NO7/c1-3-8-5-6-10(18-17-23-11(19)7-12(20)24-17)15-13(8)9(4-2)14(21)16(22)25-15/h5-6,17-18,21H,3-4,7H2,1-2H3. The molecule has 0 spiro atoms. The van der Waals surface area contributed by atoms with Crippen LogP contribution in [0, 0.1) is 0 Å². The Labute approximate surface area is 142 Å². The maximum absolute atomic E-state index is 11.9. The van der Waals surface area contributed by atoms with Gasteiger partial charge in [0, 0.05) is 10.9 Å². The Balaban J connectivity index is 2.13. The minimum absolute atomic E-state index is 0.205. The van der Waals surface area contributed by atoms with Crippen molar-refractivity contribution in [2.45, 2.75) is 39.5 Å². The number of rotatable bonds is 4. The molecule has 1 saturated heterocycles. The van der Waals surface area contributed by atoms with Gasteiger partial charge in [0.05, 0.1) is 5.69 Å². The first-order chi connectivity index (χ1) is 11.9. The minimum atomic E-state index is -1.31. The van der Waals surface area contributed by atoms with Crippen molar-refractivity contribution in [3.63, 3.8) is 0 Å². The quantitative estimate of drug-likeness (QED) is 0.489. The predicted octanol–water partition coefficient (Wildman–Crippen LogP) is 1.81. The molecule has 132 valence electrons. The Kier molecular flexibility index (Phi) is 4.35. The van der Waals surface area contributed by atoms with Crippen LogP contribution in [0.25, 0.3) is 11.0 Å². The summed E-state index contributed by atoms with van der Waals surface area (Å²) in [5.41, 5.74) is 1.01. The van der Waals surface area contributed by atoms with E-state index in [1.54, 1.807) is 12.1 Å². The number of aryl methyl sites for hydroxylation is 2. The Morgan fingerprint density at radius 3 is 2.40 bits per heavy atom. The van der Waals surface area contributed by atoms with Gasteiger partial charge >= 0.3 is 24.0 Å². The van der Waals surface area contributed by atoms with Gasteiger partial charge in [0.1, 0.15) is 6.42 Å². The van der Waals surface area contributed by atoms with Crippen molar-refractivity contribution >= 4 is 28.6 Å². The lowest BCUT2D eigenvalue weighted by molar-refractivity contribution is -0.197. The molecule has 25 heavy (non-hydrogen) atoms. The van der Waals surface area contributed by atoms with Crippen molar-refractivity contribution in [3.8, 4) is 5.75 Å². The molecule has 1 aliphatic rings. The molecule has 2 N–H and O–H groups in total. The van der Waals surface area contributed by atoms with Crippen LogP contribution in [-0.4, -0.2) is 23.5 Å². The number of ether oxygens (including phenoxy) is 2. The average Bonchev–Trinajstić information content (AvgIpc) is 2.56. The van der Waals surface area contributed by atoms with Crippen molar-refractivity contribution in [1.82, 2.24) is 0 Å². The molecular formula is C17H17NO7. The molecule has 8 nitrogen and oxygen atoms in total. The van der Waals surface area contributed by atoms with E-state index in [9.17, 15) is 19.5 Å². The molecule has 1 aliphatic heterocycles. The van der Waals surface area contributed by atoms with Gasteiger partial charge in [0.15, 0.2) is 5.58 Å². The summed E-state index contributed by atoms with van der Waals surface area (Å²) in [6.07, 6.45) is -0.674. The molecule has 0 saturated carbocycles. The smallest absolute Gasteiger partial charge is 0.379 e. The fourth-order valence-corrected chi connectivity index (χ4v) is 2.85. The number of cyclic esters (lactones) is 2. The molecule has 0 bridgehead atoms. The summed E-state index contributed by atoms with van der Waals surface area (Å²) in [5.74, 6) is -1.84. The molecular weight excluding hydrogens is 330 g/mol. The summed E-state index contributed by atoms with van der Waals surface area (Å²) < 4.78 is 15.1. The third-order valence-corrected chi connectivity index (χ3v) is 3.99. The Hall–Kier alpha value is -3.03. The second-order valence-electron chi connectivity index (χ2n) is 5.53. The number of hydrogen-bond donors (Lipinski definition) is 2. The van der Waals surface area contributed by atoms with Gasteiger partial charge in [-0.2, -0.15) is 0 Å². The molecule has 1 aromatic heterocycles. The number of carbonyl (C=O) groups excluding carboxylic acids is 2. The number of nitrogens with one attached hydrogen (secondary N) is 1. The van der Waals surface area contributed by atoms with Crippen LogP contribution in [0.4, 0.5) is 5.69 Å². The van der Waals surface area contributed by atoms with E-state index in [4.69, 9.17) is 13.9 Å². The topological polar surface area (TPSA) is 115 Å². The highest BCUT2D eigenvalue weighted by Gasteiger charge is 2.29. The normalized spacial score (nSPS) is 15.1. The van der Waals surface area contributed by atoms with E-state index < -0.39 is 36.1 Å². The molecule has 0 unspecified atom stereocenters. The summed E-state index contributed by atoms with van der Waals surface area (Å²) in [5, 5.41) is 13.4. The monoisotopic (exact) mass is 347 g/mol. The molecule has 0 atom stereocenters. The van der Waals surface area contributed by atoms with Crippen LogP contribution in [0.15, 0.2) is 21.3 Å². The molecule has 0 radical (unpaired) electrons. The van der Waals surface area contributed by atoms with E-state index in [0.29, 0.717) is 29.5 Å². The van der Waals surface area contributed by atoms with Gasteiger partial charge in [-0.05, 0) is 24.5 Å². The Bertz CT molecular complexity index is 899. The van der Waals surface area contributed by atoms with E-state index in [1.807, 2.05) is 13.8 Å². The van der Waals surface area contributed by atoms with Crippen LogP contribution in [0.5, 0.6) is 5.75 Å². The van der Waals surface area contributed by atoms with Crippen molar-refractivity contribution in [2.24, 2.45) is 0 Å². The Morgan fingerprint density at radius 1 is 1.12 bits per heavy atom. The van der Waals surface area contributed by atoms with E-state index in [2.05, 4.69) is 5.32 Å². The van der Waals surface area contributed by atoms with E-state index in [1.165, 1.54) is 0 Å². The maximum Gasteiger partial charge on any atom is 0.379 e. The zero-order valence-corrected chi connectivity index (χ0v) is 13.8. The first-order valence-electron chi connectivity index (χ1n) is 7.90. The fraction of sp³-hybridized carbons (Fsp3) is 0.353. The third-order valence-electron chi connectivity index (χ3n) is 3.99.